The van der Waals surface area contributed by atoms with Gasteiger partial charge in [-0.2, -0.15) is 0 Å². The molecule has 4 N–H and O–H groups in total. The predicted octanol–water partition coefficient (Wildman–Crippen LogP) is 0.638. The average Bonchev–Trinajstić information content (AvgIpc) is 2.37. The van der Waals surface area contributed by atoms with Crippen LogP contribution in [-0.2, 0) is 17.3 Å². The molecule has 0 bridgehead atoms. The lowest BCUT2D eigenvalue weighted by atomic mass is 10.1. The van der Waals surface area contributed by atoms with E-state index in [0.717, 1.165) is 5.56 Å². The summed E-state index contributed by atoms with van der Waals surface area (Å²) < 4.78 is 11.2. The number of nitrogens with zero attached hydrogens (tertiary/aromatic N) is 1. The molecule has 100 valence electrons. The third-order valence-corrected chi connectivity index (χ3v) is 3.96. The first-order chi connectivity index (χ1) is 8.54. The Morgan fingerprint density at radius 3 is 2.94 bits per heavy atom. The Hall–Kier alpha value is -1.40. The second-order valence-corrected chi connectivity index (χ2v) is 5.93. The van der Waals surface area contributed by atoms with Gasteiger partial charge in [0.1, 0.15) is 0 Å². The second kappa shape index (κ2) is 7.13. The molecule has 18 heavy (non-hydrogen) atoms. The Morgan fingerprint density at radius 2 is 2.33 bits per heavy atom. The molecule has 0 saturated carbocycles. The molecule has 0 amide bonds. The zero-order valence-electron chi connectivity index (χ0n) is 10.6. The zero-order valence-corrected chi connectivity index (χ0v) is 11.4. The first-order valence-electron chi connectivity index (χ1n) is 5.64. The van der Waals surface area contributed by atoms with Gasteiger partial charge >= 0.3 is 0 Å². The second-order valence-electron chi connectivity index (χ2n) is 4.13. The molecule has 2 atom stereocenters. The Morgan fingerprint density at radius 1 is 1.61 bits per heavy atom. The molecule has 0 spiro atoms. The van der Waals surface area contributed by atoms with Crippen molar-refractivity contribution in [2.24, 2.45) is 10.9 Å². The highest BCUT2D eigenvalue weighted by atomic mass is 32.2. The Labute approximate surface area is 110 Å². The number of hydrogen-bond donors (Lipinski definition) is 3. The number of hydrogen-bond acceptors (Lipinski definition) is 4. The van der Waals surface area contributed by atoms with Gasteiger partial charge in [0.2, 0.25) is 0 Å². The maximum atomic E-state index is 11.2. The van der Waals surface area contributed by atoms with Crippen LogP contribution in [0, 0.1) is 0 Å². The summed E-state index contributed by atoms with van der Waals surface area (Å²) in [5, 5.41) is 14.9. The third-order valence-electron chi connectivity index (χ3n) is 2.66. The fourth-order valence-corrected chi connectivity index (χ4v) is 1.79. The van der Waals surface area contributed by atoms with E-state index in [1.54, 1.807) is 12.3 Å². The van der Waals surface area contributed by atoms with Crippen molar-refractivity contribution >= 4 is 16.6 Å². The monoisotopic (exact) mass is 269 g/mol. The number of benzene rings is 1. The summed E-state index contributed by atoms with van der Waals surface area (Å²) in [6, 6.07) is 7.44. The van der Waals surface area contributed by atoms with Gasteiger partial charge in [0.15, 0.2) is 5.84 Å². The van der Waals surface area contributed by atoms with Crippen LogP contribution in [0.2, 0.25) is 0 Å². The van der Waals surface area contributed by atoms with Crippen molar-refractivity contribution in [3.8, 4) is 0 Å². The summed E-state index contributed by atoms with van der Waals surface area (Å²) in [5.41, 5.74) is 7.24. The molecule has 0 heterocycles. The number of amidine groups is 1. The average molecular weight is 269 g/mol. The molecule has 1 aromatic rings. The first kappa shape index (κ1) is 14.7. The standard InChI is InChI=1S/C12H19N3O2S/c1-9(18(2)17)7-14-8-10-4-3-5-11(6-10)12(13)15-16/h3-6,9,14,16H,7-8H2,1-2H3,(H2,13,15). The molecule has 0 saturated heterocycles. The molecule has 0 aliphatic heterocycles. The van der Waals surface area contributed by atoms with Gasteiger partial charge in [0.05, 0.1) is 0 Å². The van der Waals surface area contributed by atoms with Crippen LogP contribution < -0.4 is 11.1 Å². The minimum Gasteiger partial charge on any atom is -0.409 e. The highest BCUT2D eigenvalue weighted by Gasteiger charge is 2.05. The predicted molar refractivity (Wildman–Crippen MR) is 74.2 cm³/mol. The molecule has 0 aliphatic rings. The van der Waals surface area contributed by atoms with Gasteiger partial charge < -0.3 is 16.3 Å². The van der Waals surface area contributed by atoms with E-state index in [1.807, 2.05) is 25.1 Å². The van der Waals surface area contributed by atoms with Crippen molar-refractivity contribution in [3.63, 3.8) is 0 Å². The van der Waals surface area contributed by atoms with Crippen LogP contribution in [-0.4, -0.2) is 33.3 Å². The van der Waals surface area contributed by atoms with Gasteiger partial charge in [-0.3, -0.25) is 4.21 Å². The van der Waals surface area contributed by atoms with Crippen molar-refractivity contribution in [1.29, 1.82) is 0 Å². The number of nitrogens with two attached hydrogens (primary N) is 1. The molecular formula is C12H19N3O2S. The maximum absolute atomic E-state index is 11.2. The quantitative estimate of drug-likeness (QED) is 0.306. The Balaban J connectivity index is 2.55. The van der Waals surface area contributed by atoms with Crippen molar-refractivity contribution in [3.05, 3.63) is 35.4 Å². The Kier molecular flexibility index (Phi) is 5.80. The van der Waals surface area contributed by atoms with E-state index < -0.39 is 10.8 Å². The lowest BCUT2D eigenvalue weighted by molar-refractivity contribution is 0.318. The molecule has 0 fully saturated rings. The van der Waals surface area contributed by atoms with Crippen LogP contribution in [0.3, 0.4) is 0 Å². The summed E-state index contributed by atoms with van der Waals surface area (Å²) in [4.78, 5) is 0. The summed E-state index contributed by atoms with van der Waals surface area (Å²) in [6.07, 6.45) is 1.70. The maximum Gasteiger partial charge on any atom is 0.170 e. The van der Waals surface area contributed by atoms with E-state index in [0.29, 0.717) is 18.7 Å². The van der Waals surface area contributed by atoms with Gasteiger partial charge in [-0.15, -0.1) is 0 Å². The van der Waals surface area contributed by atoms with Gasteiger partial charge in [0, 0.05) is 41.0 Å². The SMILES string of the molecule is CC(CNCc1cccc(/C(N)=N/O)c1)S(C)=O. The number of rotatable bonds is 6. The van der Waals surface area contributed by atoms with E-state index in [2.05, 4.69) is 10.5 Å². The molecule has 6 heteroatoms. The number of nitrogens with one attached hydrogen (secondary N) is 1. The van der Waals surface area contributed by atoms with Crippen molar-refractivity contribution in [2.75, 3.05) is 12.8 Å². The van der Waals surface area contributed by atoms with Crippen LogP contribution in [0.15, 0.2) is 29.4 Å². The summed E-state index contributed by atoms with van der Waals surface area (Å²) in [6.45, 7) is 3.29. The fourth-order valence-electron chi connectivity index (χ4n) is 1.44. The lowest BCUT2D eigenvalue weighted by Crippen LogP contribution is -2.27. The fraction of sp³-hybridized carbons (Fsp3) is 0.417. The first-order valence-corrected chi connectivity index (χ1v) is 7.26. The van der Waals surface area contributed by atoms with E-state index in [1.165, 1.54) is 0 Å². The van der Waals surface area contributed by atoms with Gasteiger partial charge in [-0.1, -0.05) is 23.4 Å². The molecule has 0 aromatic heterocycles. The highest BCUT2D eigenvalue weighted by Crippen LogP contribution is 2.05. The molecule has 5 nitrogen and oxygen atoms in total. The normalized spacial score (nSPS) is 15.3. The van der Waals surface area contributed by atoms with E-state index in [4.69, 9.17) is 10.9 Å². The largest absolute Gasteiger partial charge is 0.409 e. The van der Waals surface area contributed by atoms with Crippen LogP contribution in [0.1, 0.15) is 18.1 Å². The van der Waals surface area contributed by atoms with E-state index in [9.17, 15) is 4.21 Å². The smallest absolute Gasteiger partial charge is 0.170 e. The zero-order chi connectivity index (χ0) is 13.5. The van der Waals surface area contributed by atoms with Crippen molar-refractivity contribution in [2.45, 2.75) is 18.7 Å². The van der Waals surface area contributed by atoms with Crippen LogP contribution >= 0.6 is 0 Å². The van der Waals surface area contributed by atoms with E-state index in [-0.39, 0.29) is 11.1 Å². The van der Waals surface area contributed by atoms with Crippen molar-refractivity contribution in [1.82, 2.24) is 5.32 Å². The van der Waals surface area contributed by atoms with Crippen molar-refractivity contribution < 1.29 is 9.42 Å². The highest BCUT2D eigenvalue weighted by molar-refractivity contribution is 7.84. The third kappa shape index (κ3) is 4.46. The summed E-state index contributed by atoms with van der Waals surface area (Å²) >= 11 is 0. The summed E-state index contributed by atoms with van der Waals surface area (Å²) in [7, 11) is -0.816. The summed E-state index contributed by atoms with van der Waals surface area (Å²) in [5.74, 6) is 0.0971. The van der Waals surface area contributed by atoms with Gasteiger partial charge in [0.25, 0.3) is 0 Å². The lowest BCUT2D eigenvalue weighted by Gasteiger charge is -2.10. The van der Waals surface area contributed by atoms with Crippen LogP contribution in [0.4, 0.5) is 0 Å². The molecule has 1 rings (SSSR count). The molecular weight excluding hydrogens is 250 g/mol. The van der Waals surface area contributed by atoms with Gasteiger partial charge in [-0.05, 0) is 18.6 Å². The Bertz CT molecular complexity index is 449. The minimum atomic E-state index is -0.816. The van der Waals surface area contributed by atoms with E-state index >= 15 is 0 Å². The molecule has 1 aromatic carbocycles. The molecule has 0 radical (unpaired) electrons. The van der Waals surface area contributed by atoms with Gasteiger partial charge in [-0.25, -0.2) is 0 Å². The molecule has 0 aliphatic carbocycles. The van der Waals surface area contributed by atoms with Crippen LogP contribution in [0.25, 0.3) is 0 Å². The number of oxime groups is 1. The van der Waals surface area contributed by atoms with Crippen LogP contribution in [0.5, 0.6) is 0 Å². The molecule has 2 unspecified atom stereocenters. The topological polar surface area (TPSA) is 87.7 Å². The minimum absolute atomic E-state index is 0.0971.